The zero-order valence-electron chi connectivity index (χ0n) is 13.5. The summed E-state index contributed by atoms with van der Waals surface area (Å²) in [4.78, 5) is 15.8. The fourth-order valence-corrected chi connectivity index (χ4v) is 4.10. The number of carbonyl (C=O) groups is 1. The van der Waals surface area contributed by atoms with E-state index in [4.69, 9.17) is 0 Å². The minimum absolute atomic E-state index is 0.252. The van der Waals surface area contributed by atoms with Gasteiger partial charge in [0.05, 0.1) is 0 Å². The number of likely N-dealkylation sites (tertiary alicyclic amines) is 1. The molecular weight excluding hydrogens is 320 g/mol. The summed E-state index contributed by atoms with van der Waals surface area (Å²) >= 11 is 1.72. The van der Waals surface area contributed by atoms with Crippen LogP contribution in [-0.4, -0.2) is 38.5 Å². The quantitative estimate of drug-likeness (QED) is 0.733. The predicted molar refractivity (Wildman–Crippen MR) is 94.2 cm³/mol. The molecule has 4 rings (SSSR count). The first-order valence-corrected chi connectivity index (χ1v) is 9.29. The molecule has 1 fully saturated rings. The predicted octanol–water partition coefficient (Wildman–Crippen LogP) is 3.13. The summed E-state index contributed by atoms with van der Waals surface area (Å²) in [6.07, 6.45) is 5.52. The van der Waals surface area contributed by atoms with Crippen molar-refractivity contribution in [2.45, 2.75) is 31.6 Å². The maximum absolute atomic E-state index is 12.6. The molecule has 3 aromatic heterocycles. The third-order valence-corrected chi connectivity index (χ3v) is 5.58. The molecule has 1 aliphatic heterocycles. The van der Waals surface area contributed by atoms with Gasteiger partial charge in [-0.15, -0.1) is 21.5 Å². The van der Waals surface area contributed by atoms with Crippen molar-refractivity contribution >= 4 is 22.9 Å². The molecule has 24 heavy (non-hydrogen) atoms. The number of rotatable bonds is 4. The van der Waals surface area contributed by atoms with E-state index >= 15 is 0 Å². The van der Waals surface area contributed by atoms with Gasteiger partial charge >= 0.3 is 0 Å². The van der Waals surface area contributed by atoms with Crippen LogP contribution in [0.2, 0.25) is 0 Å². The molecule has 4 heterocycles. The van der Waals surface area contributed by atoms with Crippen molar-refractivity contribution in [3.05, 3.63) is 52.6 Å². The average Bonchev–Trinajstić information content (AvgIpc) is 3.29. The Hall–Kier alpha value is -2.21. The lowest BCUT2D eigenvalue weighted by Gasteiger charge is -2.32. The first-order chi connectivity index (χ1) is 11.8. The molecule has 1 amide bonds. The number of aryl methyl sites for hydroxylation is 1. The van der Waals surface area contributed by atoms with Gasteiger partial charge in [-0.3, -0.25) is 9.20 Å². The smallest absolute Gasteiger partial charge is 0.222 e. The van der Waals surface area contributed by atoms with Crippen LogP contribution < -0.4 is 0 Å². The molecule has 6 heteroatoms. The van der Waals surface area contributed by atoms with Gasteiger partial charge in [0.15, 0.2) is 5.65 Å². The van der Waals surface area contributed by atoms with Crippen molar-refractivity contribution in [1.29, 1.82) is 0 Å². The summed E-state index contributed by atoms with van der Waals surface area (Å²) in [7, 11) is 0. The van der Waals surface area contributed by atoms with E-state index in [0.717, 1.165) is 43.8 Å². The number of hydrogen-bond acceptors (Lipinski definition) is 4. The molecule has 0 radical (unpaired) electrons. The van der Waals surface area contributed by atoms with E-state index in [0.29, 0.717) is 6.42 Å². The highest BCUT2D eigenvalue weighted by atomic mass is 32.1. The van der Waals surface area contributed by atoms with E-state index in [1.54, 1.807) is 11.3 Å². The molecule has 1 atom stereocenters. The number of fused-ring (bicyclic) bond motifs is 1. The molecule has 3 aromatic rings. The highest BCUT2D eigenvalue weighted by Crippen LogP contribution is 2.26. The van der Waals surface area contributed by atoms with Crippen LogP contribution in [0.3, 0.4) is 0 Å². The Labute approximate surface area is 144 Å². The molecule has 0 N–H and O–H groups in total. The number of hydrogen-bond donors (Lipinski definition) is 0. The minimum Gasteiger partial charge on any atom is -0.342 e. The summed E-state index contributed by atoms with van der Waals surface area (Å²) in [5, 5.41) is 10.7. The molecule has 5 nitrogen and oxygen atoms in total. The number of amides is 1. The summed E-state index contributed by atoms with van der Waals surface area (Å²) in [6, 6.07) is 10.1. The van der Waals surface area contributed by atoms with Crippen LogP contribution in [0.15, 0.2) is 41.9 Å². The molecule has 0 aromatic carbocycles. The molecule has 1 aliphatic rings. The van der Waals surface area contributed by atoms with Gasteiger partial charge in [-0.25, -0.2) is 0 Å². The number of piperidine rings is 1. The topological polar surface area (TPSA) is 50.5 Å². The Balaban J connectivity index is 1.44. The second-order valence-electron chi connectivity index (χ2n) is 6.25. The lowest BCUT2D eigenvalue weighted by atomic mass is 9.96. The Kier molecular flexibility index (Phi) is 4.30. The van der Waals surface area contributed by atoms with Crippen LogP contribution in [-0.2, 0) is 11.2 Å². The zero-order valence-corrected chi connectivity index (χ0v) is 14.3. The highest BCUT2D eigenvalue weighted by Gasteiger charge is 2.27. The van der Waals surface area contributed by atoms with Gasteiger partial charge in [0.2, 0.25) is 5.91 Å². The van der Waals surface area contributed by atoms with E-state index in [1.165, 1.54) is 4.88 Å². The fraction of sp³-hybridized carbons (Fsp3) is 0.389. The van der Waals surface area contributed by atoms with Crippen LogP contribution in [0.25, 0.3) is 5.65 Å². The average molecular weight is 340 g/mol. The first kappa shape index (κ1) is 15.3. The standard InChI is InChI=1S/C18H20N4OS/c23-17(9-8-15-6-4-12-24-15)21-10-3-5-14(13-21)18-20-19-16-7-1-2-11-22(16)18/h1-2,4,6-7,11-12,14H,3,5,8-10,13H2/t14-/m1/s1. The van der Waals surface area contributed by atoms with E-state index in [2.05, 4.69) is 21.6 Å². The van der Waals surface area contributed by atoms with E-state index in [9.17, 15) is 4.79 Å². The SMILES string of the molecule is O=C(CCc1cccs1)N1CCC[C@@H](c2nnc3ccccn23)C1. The van der Waals surface area contributed by atoms with E-state index < -0.39 is 0 Å². The Morgan fingerprint density at radius 1 is 1.25 bits per heavy atom. The Morgan fingerprint density at radius 3 is 3.08 bits per heavy atom. The van der Waals surface area contributed by atoms with Crippen molar-refractivity contribution in [2.75, 3.05) is 13.1 Å². The van der Waals surface area contributed by atoms with Crippen LogP contribution in [0.5, 0.6) is 0 Å². The third kappa shape index (κ3) is 3.06. The number of thiophene rings is 1. The summed E-state index contributed by atoms with van der Waals surface area (Å²) < 4.78 is 2.05. The highest BCUT2D eigenvalue weighted by molar-refractivity contribution is 7.09. The Morgan fingerprint density at radius 2 is 2.21 bits per heavy atom. The number of aromatic nitrogens is 3. The van der Waals surface area contributed by atoms with Crippen LogP contribution in [0.1, 0.15) is 35.9 Å². The summed E-state index contributed by atoms with van der Waals surface area (Å²) in [6.45, 7) is 1.61. The maximum atomic E-state index is 12.6. The summed E-state index contributed by atoms with van der Waals surface area (Å²) in [5.41, 5.74) is 0.869. The minimum atomic E-state index is 0.252. The van der Waals surface area contributed by atoms with Gasteiger partial charge in [-0.2, -0.15) is 0 Å². The second-order valence-corrected chi connectivity index (χ2v) is 7.28. The Bertz CT molecular complexity index is 827. The van der Waals surface area contributed by atoms with Gasteiger partial charge in [0, 0.05) is 36.5 Å². The fourth-order valence-electron chi connectivity index (χ4n) is 3.40. The van der Waals surface area contributed by atoms with E-state index in [1.807, 2.05) is 39.8 Å². The number of pyridine rings is 1. The van der Waals surface area contributed by atoms with Crippen LogP contribution in [0.4, 0.5) is 0 Å². The van der Waals surface area contributed by atoms with Gasteiger partial charge in [-0.05, 0) is 42.8 Å². The molecule has 124 valence electrons. The van der Waals surface area contributed by atoms with E-state index in [-0.39, 0.29) is 11.8 Å². The number of carbonyl (C=O) groups excluding carboxylic acids is 1. The monoisotopic (exact) mass is 340 g/mol. The van der Waals surface area contributed by atoms with Crippen LogP contribution in [0, 0.1) is 0 Å². The van der Waals surface area contributed by atoms with Crippen LogP contribution >= 0.6 is 11.3 Å². The van der Waals surface area contributed by atoms with Gasteiger partial charge in [0.1, 0.15) is 5.82 Å². The second kappa shape index (κ2) is 6.73. The van der Waals surface area contributed by atoms with Crippen molar-refractivity contribution in [2.24, 2.45) is 0 Å². The molecule has 0 spiro atoms. The molecular formula is C18H20N4OS. The molecule has 1 saturated heterocycles. The van der Waals surface area contributed by atoms with Gasteiger partial charge in [0.25, 0.3) is 0 Å². The number of nitrogens with zero attached hydrogens (tertiary/aromatic N) is 4. The van der Waals surface area contributed by atoms with Crippen molar-refractivity contribution in [3.63, 3.8) is 0 Å². The molecule has 0 unspecified atom stereocenters. The normalized spacial score (nSPS) is 18.2. The lowest BCUT2D eigenvalue weighted by Crippen LogP contribution is -2.39. The van der Waals surface area contributed by atoms with Crippen molar-refractivity contribution < 1.29 is 4.79 Å². The summed E-state index contributed by atoms with van der Waals surface area (Å²) in [5.74, 6) is 1.49. The molecule has 0 bridgehead atoms. The third-order valence-electron chi connectivity index (χ3n) is 4.64. The van der Waals surface area contributed by atoms with Crippen molar-refractivity contribution in [1.82, 2.24) is 19.5 Å². The first-order valence-electron chi connectivity index (χ1n) is 8.41. The van der Waals surface area contributed by atoms with Crippen molar-refractivity contribution in [3.8, 4) is 0 Å². The lowest BCUT2D eigenvalue weighted by molar-refractivity contribution is -0.132. The largest absolute Gasteiger partial charge is 0.342 e. The molecule has 0 saturated carbocycles. The zero-order chi connectivity index (χ0) is 16.4. The van der Waals surface area contributed by atoms with Gasteiger partial charge in [-0.1, -0.05) is 12.1 Å². The maximum Gasteiger partial charge on any atom is 0.222 e. The molecule has 0 aliphatic carbocycles. The van der Waals surface area contributed by atoms with Gasteiger partial charge < -0.3 is 4.90 Å².